The minimum absolute atomic E-state index is 0.0299. The first-order chi connectivity index (χ1) is 8.04. The van der Waals surface area contributed by atoms with Crippen LogP contribution in [0.2, 0.25) is 0 Å². The van der Waals surface area contributed by atoms with Gasteiger partial charge >= 0.3 is 0 Å². The number of terminal acetylenes is 1. The molecule has 17 heavy (non-hydrogen) atoms. The van der Waals surface area contributed by atoms with Gasteiger partial charge in [-0.2, -0.15) is 0 Å². The third-order valence-corrected chi connectivity index (χ3v) is 2.32. The van der Waals surface area contributed by atoms with E-state index < -0.39 is 0 Å². The van der Waals surface area contributed by atoms with Crippen LogP contribution in [0.5, 0.6) is 0 Å². The van der Waals surface area contributed by atoms with Gasteiger partial charge in [-0.3, -0.25) is 14.5 Å². The molecule has 0 unspecified atom stereocenters. The van der Waals surface area contributed by atoms with E-state index in [1.54, 1.807) is 16.8 Å². The molecule has 0 aliphatic carbocycles. The lowest BCUT2D eigenvalue weighted by molar-refractivity contribution is -0.132. The maximum atomic E-state index is 11.7. The highest BCUT2D eigenvalue weighted by Crippen LogP contribution is 1.92. The number of hydrogen-bond donors (Lipinski definition) is 1. The summed E-state index contributed by atoms with van der Waals surface area (Å²) >= 11 is 0. The van der Waals surface area contributed by atoms with Crippen molar-refractivity contribution in [2.45, 2.75) is 13.8 Å². The van der Waals surface area contributed by atoms with Gasteiger partial charge in [0.15, 0.2) is 0 Å². The van der Waals surface area contributed by atoms with Crippen LogP contribution in [-0.4, -0.2) is 61.4 Å². The Kier molecular flexibility index (Phi) is 7.82. The number of amides is 2. The molecule has 0 saturated carbocycles. The fraction of sp³-hybridized carbons (Fsp3) is 0.667. The molecule has 0 fully saturated rings. The minimum Gasteiger partial charge on any atom is -0.344 e. The normalized spacial score (nSPS) is 9.82. The van der Waals surface area contributed by atoms with E-state index in [9.17, 15) is 9.59 Å². The van der Waals surface area contributed by atoms with E-state index >= 15 is 0 Å². The van der Waals surface area contributed by atoms with Crippen molar-refractivity contribution in [3.8, 4) is 12.3 Å². The van der Waals surface area contributed by atoms with Crippen molar-refractivity contribution < 1.29 is 9.59 Å². The molecule has 2 amide bonds. The molecule has 0 aromatic heterocycles. The first-order valence-electron chi connectivity index (χ1n) is 5.71. The van der Waals surface area contributed by atoms with Crippen LogP contribution in [0.15, 0.2) is 0 Å². The fourth-order valence-corrected chi connectivity index (χ4v) is 1.41. The monoisotopic (exact) mass is 239 g/mol. The van der Waals surface area contributed by atoms with Crippen molar-refractivity contribution >= 4 is 11.8 Å². The first-order valence-corrected chi connectivity index (χ1v) is 5.71. The van der Waals surface area contributed by atoms with E-state index in [2.05, 4.69) is 11.2 Å². The second-order valence-electron chi connectivity index (χ2n) is 3.72. The lowest BCUT2D eigenvalue weighted by atomic mass is 10.4. The molecule has 5 heteroatoms. The molecule has 0 radical (unpaired) electrons. The molecule has 0 aromatic carbocycles. The lowest BCUT2D eigenvalue weighted by Gasteiger charge is -2.22. The number of rotatable bonds is 7. The van der Waals surface area contributed by atoms with Crippen LogP contribution < -0.4 is 5.32 Å². The molecule has 0 atom stereocenters. The number of carbonyl (C=O) groups is 2. The Morgan fingerprint density at radius 3 is 2.29 bits per heavy atom. The summed E-state index contributed by atoms with van der Waals surface area (Å²) in [4.78, 5) is 26.5. The van der Waals surface area contributed by atoms with E-state index in [1.807, 2.05) is 13.8 Å². The van der Waals surface area contributed by atoms with Gasteiger partial charge in [-0.1, -0.05) is 5.92 Å². The molecule has 5 nitrogen and oxygen atoms in total. The Labute approximate surface area is 103 Å². The van der Waals surface area contributed by atoms with Crippen molar-refractivity contribution in [3.63, 3.8) is 0 Å². The summed E-state index contributed by atoms with van der Waals surface area (Å²) in [6.07, 6.45) is 5.03. The zero-order valence-corrected chi connectivity index (χ0v) is 10.8. The van der Waals surface area contributed by atoms with Crippen LogP contribution >= 0.6 is 0 Å². The van der Waals surface area contributed by atoms with Gasteiger partial charge < -0.3 is 10.2 Å². The highest BCUT2D eigenvalue weighted by atomic mass is 16.2. The second-order valence-corrected chi connectivity index (χ2v) is 3.72. The van der Waals surface area contributed by atoms with Gasteiger partial charge in [0.25, 0.3) is 0 Å². The molecule has 0 aromatic rings. The van der Waals surface area contributed by atoms with Crippen LogP contribution in [-0.2, 0) is 9.59 Å². The van der Waals surface area contributed by atoms with Crippen LogP contribution in [0.4, 0.5) is 0 Å². The molecule has 0 rings (SSSR count). The SMILES string of the molecule is C#CCNC(=O)CN(C)CC(=O)N(CC)CC. The number of nitrogens with zero attached hydrogens (tertiary/aromatic N) is 2. The lowest BCUT2D eigenvalue weighted by Crippen LogP contribution is -2.42. The molecular weight excluding hydrogens is 218 g/mol. The van der Waals surface area contributed by atoms with E-state index in [4.69, 9.17) is 6.42 Å². The van der Waals surface area contributed by atoms with Crippen molar-refractivity contribution in [1.29, 1.82) is 0 Å². The maximum Gasteiger partial charge on any atom is 0.236 e. The molecule has 0 bridgehead atoms. The first kappa shape index (κ1) is 15.5. The smallest absolute Gasteiger partial charge is 0.236 e. The Hall–Kier alpha value is -1.54. The third kappa shape index (κ3) is 6.59. The van der Waals surface area contributed by atoms with Gasteiger partial charge in [0.2, 0.25) is 11.8 Å². The van der Waals surface area contributed by atoms with Gasteiger partial charge in [0.05, 0.1) is 19.6 Å². The zero-order chi connectivity index (χ0) is 13.3. The summed E-state index contributed by atoms with van der Waals surface area (Å²) < 4.78 is 0. The van der Waals surface area contributed by atoms with Crippen molar-refractivity contribution in [2.75, 3.05) is 39.8 Å². The second kappa shape index (κ2) is 8.59. The van der Waals surface area contributed by atoms with Crippen molar-refractivity contribution in [2.24, 2.45) is 0 Å². The summed E-state index contributed by atoms with van der Waals surface area (Å²) in [7, 11) is 1.73. The van der Waals surface area contributed by atoms with Crippen molar-refractivity contribution in [3.05, 3.63) is 0 Å². The van der Waals surface area contributed by atoms with Gasteiger partial charge in [-0.25, -0.2) is 0 Å². The quantitative estimate of drug-likeness (QED) is 0.611. The Morgan fingerprint density at radius 1 is 1.24 bits per heavy atom. The number of carbonyl (C=O) groups excluding carboxylic acids is 2. The summed E-state index contributed by atoms with van der Waals surface area (Å²) in [5.74, 6) is 2.18. The highest BCUT2D eigenvalue weighted by Gasteiger charge is 2.13. The molecule has 0 aliphatic heterocycles. The van der Waals surface area contributed by atoms with E-state index in [-0.39, 0.29) is 31.4 Å². The van der Waals surface area contributed by atoms with Gasteiger partial charge in [0.1, 0.15) is 0 Å². The number of likely N-dealkylation sites (N-methyl/N-ethyl adjacent to an activating group) is 2. The van der Waals surface area contributed by atoms with E-state index in [1.165, 1.54) is 0 Å². The predicted molar refractivity (Wildman–Crippen MR) is 67.3 cm³/mol. The average molecular weight is 239 g/mol. The molecular formula is C12H21N3O2. The Bertz CT molecular complexity index is 293. The standard InChI is InChI=1S/C12H21N3O2/c1-5-8-13-11(16)9-14(4)10-12(17)15(6-2)7-3/h1H,6-10H2,2-4H3,(H,13,16). The molecule has 0 aliphatic rings. The highest BCUT2D eigenvalue weighted by molar-refractivity contribution is 5.81. The Morgan fingerprint density at radius 2 is 1.82 bits per heavy atom. The summed E-state index contributed by atoms with van der Waals surface area (Å²) in [5.41, 5.74) is 0. The molecule has 0 heterocycles. The molecule has 96 valence electrons. The van der Waals surface area contributed by atoms with Gasteiger partial charge in [-0.15, -0.1) is 6.42 Å². The maximum absolute atomic E-state index is 11.7. The minimum atomic E-state index is -0.169. The van der Waals surface area contributed by atoms with Gasteiger partial charge in [0, 0.05) is 13.1 Å². The number of nitrogens with one attached hydrogen (secondary N) is 1. The predicted octanol–water partition coefficient (Wildman–Crippen LogP) is -0.464. The van der Waals surface area contributed by atoms with Crippen LogP contribution in [0, 0.1) is 12.3 Å². The van der Waals surface area contributed by atoms with Crippen molar-refractivity contribution in [1.82, 2.24) is 15.1 Å². The number of hydrogen-bond acceptors (Lipinski definition) is 3. The van der Waals surface area contributed by atoms with Crippen LogP contribution in [0.3, 0.4) is 0 Å². The topological polar surface area (TPSA) is 52.7 Å². The average Bonchev–Trinajstić information content (AvgIpc) is 2.27. The third-order valence-electron chi connectivity index (χ3n) is 2.32. The van der Waals surface area contributed by atoms with Crippen LogP contribution in [0.1, 0.15) is 13.8 Å². The zero-order valence-electron chi connectivity index (χ0n) is 10.8. The summed E-state index contributed by atoms with van der Waals surface area (Å²) in [6.45, 7) is 5.87. The Balaban J connectivity index is 4.01. The fourth-order valence-electron chi connectivity index (χ4n) is 1.41. The largest absolute Gasteiger partial charge is 0.344 e. The summed E-state index contributed by atoms with van der Waals surface area (Å²) in [6, 6.07) is 0. The summed E-state index contributed by atoms with van der Waals surface area (Å²) in [5, 5.41) is 2.55. The molecule has 0 saturated heterocycles. The van der Waals surface area contributed by atoms with E-state index in [0.29, 0.717) is 13.1 Å². The van der Waals surface area contributed by atoms with Crippen LogP contribution in [0.25, 0.3) is 0 Å². The van der Waals surface area contributed by atoms with E-state index in [0.717, 1.165) is 0 Å². The molecule has 1 N–H and O–H groups in total. The van der Waals surface area contributed by atoms with Gasteiger partial charge in [-0.05, 0) is 20.9 Å². The molecule has 0 spiro atoms.